The first kappa shape index (κ1) is 22.6. The minimum atomic E-state index is -0.647. The highest BCUT2D eigenvalue weighted by molar-refractivity contribution is 6.35. The summed E-state index contributed by atoms with van der Waals surface area (Å²) < 4.78 is 5.40. The van der Waals surface area contributed by atoms with Crippen molar-refractivity contribution >= 4 is 46.7 Å². The number of hydrogen-bond acceptors (Lipinski definition) is 4. The number of carbonyl (C=O) groups is 3. The molecule has 3 aromatic rings. The standard InChI is InChI=1S/C27H21Cl2NO4/c28-19-10-12-24(23(29)15-19)34-27(33)18-7-4-8-20(13-18)30-25(31)21-11-9-17(14-22(21)26(30)32)16-5-2-1-3-6-16/h1-8,10,12-13,15,17,21-22H,9,11,14H2/t17-,21+,22-/m1/s1. The lowest BCUT2D eigenvalue weighted by molar-refractivity contribution is -0.122. The summed E-state index contributed by atoms with van der Waals surface area (Å²) in [6.45, 7) is 0. The number of fused-ring (bicyclic) bond motifs is 1. The molecule has 2 fully saturated rings. The third-order valence-electron chi connectivity index (χ3n) is 6.63. The summed E-state index contributed by atoms with van der Waals surface area (Å²) in [7, 11) is 0. The Balaban J connectivity index is 1.36. The lowest BCUT2D eigenvalue weighted by atomic mass is 9.73. The van der Waals surface area contributed by atoms with Gasteiger partial charge in [-0.2, -0.15) is 0 Å². The van der Waals surface area contributed by atoms with Crippen molar-refractivity contribution in [3.8, 4) is 5.75 Å². The Morgan fingerprint density at radius 2 is 1.62 bits per heavy atom. The molecular formula is C27H21Cl2NO4. The summed E-state index contributed by atoms with van der Waals surface area (Å²) in [6.07, 6.45) is 2.18. The molecule has 1 aliphatic carbocycles. The van der Waals surface area contributed by atoms with Gasteiger partial charge in [-0.1, -0.05) is 59.6 Å². The SMILES string of the molecule is O=C(Oc1ccc(Cl)cc1Cl)c1cccc(N2C(=O)[C@H]3CC[C@@H](c4ccccc4)C[C@H]3C2=O)c1. The molecule has 2 aliphatic rings. The van der Waals surface area contributed by atoms with E-state index in [0.29, 0.717) is 23.6 Å². The molecule has 172 valence electrons. The van der Waals surface area contributed by atoms with Crippen LogP contribution in [-0.4, -0.2) is 17.8 Å². The molecule has 0 spiro atoms. The van der Waals surface area contributed by atoms with E-state index < -0.39 is 5.97 Å². The Morgan fingerprint density at radius 3 is 2.38 bits per heavy atom. The van der Waals surface area contributed by atoms with Gasteiger partial charge < -0.3 is 4.74 Å². The molecule has 5 nitrogen and oxygen atoms in total. The topological polar surface area (TPSA) is 63.7 Å². The molecule has 2 amide bonds. The number of halogens is 2. The van der Waals surface area contributed by atoms with Gasteiger partial charge in [-0.15, -0.1) is 0 Å². The van der Waals surface area contributed by atoms with Gasteiger partial charge in [0.15, 0.2) is 0 Å². The van der Waals surface area contributed by atoms with E-state index in [-0.39, 0.29) is 45.9 Å². The van der Waals surface area contributed by atoms with Gasteiger partial charge in [0.1, 0.15) is 5.75 Å². The van der Waals surface area contributed by atoms with Crippen LogP contribution < -0.4 is 9.64 Å². The Labute approximate surface area is 207 Å². The van der Waals surface area contributed by atoms with Crippen LogP contribution in [0.4, 0.5) is 5.69 Å². The van der Waals surface area contributed by atoms with Crippen molar-refractivity contribution in [2.75, 3.05) is 4.90 Å². The van der Waals surface area contributed by atoms with Crippen LogP contribution in [0.5, 0.6) is 5.75 Å². The van der Waals surface area contributed by atoms with Gasteiger partial charge in [0.25, 0.3) is 0 Å². The number of hydrogen-bond donors (Lipinski definition) is 0. The van der Waals surface area contributed by atoms with Crippen molar-refractivity contribution in [3.63, 3.8) is 0 Å². The zero-order valence-corrected chi connectivity index (χ0v) is 19.6. The monoisotopic (exact) mass is 493 g/mol. The minimum Gasteiger partial charge on any atom is -0.421 e. The Bertz CT molecular complexity index is 1280. The van der Waals surface area contributed by atoms with Crippen LogP contribution >= 0.6 is 23.2 Å². The number of amides is 2. The summed E-state index contributed by atoms with van der Waals surface area (Å²) in [5.74, 6) is -1.30. The van der Waals surface area contributed by atoms with Gasteiger partial charge in [-0.05, 0) is 67.1 Å². The molecule has 3 aromatic carbocycles. The van der Waals surface area contributed by atoms with E-state index in [9.17, 15) is 14.4 Å². The lowest BCUT2D eigenvalue weighted by Crippen LogP contribution is -2.31. The smallest absolute Gasteiger partial charge is 0.343 e. The van der Waals surface area contributed by atoms with E-state index >= 15 is 0 Å². The van der Waals surface area contributed by atoms with Crippen molar-refractivity contribution in [1.82, 2.24) is 0 Å². The zero-order chi connectivity index (χ0) is 23.8. The molecule has 0 radical (unpaired) electrons. The highest BCUT2D eigenvalue weighted by Crippen LogP contribution is 2.45. The fraction of sp³-hybridized carbons (Fsp3) is 0.222. The van der Waals surface area contributed by atoms with Crippen molar-refractivity contribution < 1.29 is 19.1 Å². The summed E-state index contributed by atoms with van der Waals surface area (Å²) in [6, 6.07) is 21.0. The molecule has 0 bridgehead atoms. The Morgan fingerprint density at radius 1 is 0.853 bits per heavy atom. The van der Waals surface area contributed by atoms with Gasteiger partial charge in [0.05, 0.1) is 28.1 Å². The number of carbonyl (C=O) groups excluding carboxylic acids is 3. The Hall–Kier alpha value is -3.15. The molecule has 0 aromatic heterocycles. The van der Waals surface area contributed by atoms with Gasteiger partial charge in [-0.3, -0.25) is 14.5 Å². The van der Waals surface area contributed by atoms with Crippen LogP contribution in [0.25, 0.3) is 0 Å². The number of imide groups is 1. The van der Waals surface area contributed by atoms with Crippen LogP contribution in [0, 0.1) is 11.8 Å². The second kappa shape index (κ2) is 9.24. The first-order chi connectivity index (χ1) is 16.4. The van der Waals surface area contributed by atoms with Crippen molar-refractivity contribution in [1.29, 1.82) is 0 Å². The lowest BCUT2D eigenvalue weighted by Gasteiger charge is -2.28. The molecule has 1 aliphatic heterocycles. The second-order valence-electron chi connectivity index (χ2n) is 8.66. The van der Waals surface area contributed by atoms with Crippen LogP contribution in [0.1, 0.15) is 41.1 Å². The summed E-state index contributed by atoms with van der Waals surface area (Å²) in [5.41, 5.74) is 1.78. The maximum atomic E-state index is 13.3. The van der Waals surface area contributed by atoms with Crippen molar-refractivity contribution in [2.24, 2.45) is 11.8 Å². The number of benzene rings is 3. The highest BCUT2D eigenvalue weighted by Gasteiger charge is 2.50. The number of anilines is 1. The molecule has 0 N–H and O–H groups in total. The van der Waals surface area contributed by atoms with Gasteiger partial charge in [0, 0.05) is 5.02 Å². The zero-order valence-electron chi connectivity index (χ0n) is 18.1. The average Bonchev–Trinajstić information content (AvgIpc) is 3.10. The minimum absolute atomic E-state index is 0.174. The third kappa shape index (κ3) is 4.22. The first-order valence-corrected chi connectivity index (χ1v) is 11.9. The third-order valence-corrected chi connectivity index (χ3v) is 7.16. The summed E-state index contributed by atoms with van der Waals surface area (Å²) in [4.78, 5) is 40.5. The van der Waals surface area contributed by atoms with E-state index in [4.69, 9.17) is 27.9 Å². The molecule has 1 saturated carbocycles. The van der Waals surface area contributed by atoms with Gasteiger partial charge in [-0.25, -0.2) is 4.79 Å². The number of esters is 1. The highest BCUT2D eigenvalue weighted by atomic mass is 35.5. The maximum absolute atomic E-state index is 13.3. The quantitative estimate of drug-likeness (QED) is 0.243. The molecule has 3 atom stereocenters. The van der Waals surface area contributed by atoms with E-state index in [1.807, 2.05) is 18.2 Å². The molecular weight excluding hydrogens is 473 g/mol. The van der Waals surface area contributed by atoms with Crippen LogP contribution in [0.2, 0.25) is 10.0 Å². The molecule has 34 heavy (non-hydrogen) atoms. The molecule has 5 rings (SSSR count). The summed E-state index contributed by atoms with van der Waals surface area (Å²) >= 11 is 12.0. The van der Waals surface area contributed by atoms with E-state index in [1.165, 1.54) is 28.7 Å². The normalized spacial score (nSPS) is 21.9. The van der Waals surface area contributed by atoms with E-state index in [2.05, 4.69) is 12.1 Å². The summed E-state index contributed by atoms with van der Waals surface area (Å²) in [5, 5.41) is 0.632. The van der Waals surface area contributed by atoms with Crippen LogP contribution in [-0.2, 0) is 9.59 Å². The molecule has 1 saturated heterocycles. The molecule has 1 heterocycles. The van der Waals surface area contributed by atoms with Crippen molar-refractivity contribution in [2.45, 2.75) is 25.2 Å². The number of nitrogens with zero attached hydrogens (tertiary/aromatic N) is 1. The van der Waals surface area contributed by atoms with Crippen LogP contribution in [0.15, 0.2) is 72.8 Å². The Kier molecular flexibility index (Phi) is 6.15. The maximum Gasteiger partial charge on any atom is 0.343 e. The first-order valence-electron chi connectivity index (χ1n) is 11.1. The number of rotatable bonds is 4. The van der Waals surface area contributed by atoms with Crippen LogP contribution in [0.3, 0.4) is 0 Å². The fourth-order valence-electron chi connectivity index (χ4n) is 4.95. The predicted octanol–water partition coefficient (Wildman–Crippen LogP) is 6.29. The fourth-order valence-corrected chi connectivity index (χ4v) is 5.40. The van der Waals surface area contributed by atoms with E-state index in [1.54, 1.807) is 24.3 Å². The number of ether oxygens (including phenoxy) is 1. The largest absolute Gasteiger partial charge is 0.421 e. The molecule has 7 heteroatoms. The van der Waals surface area contributed by atoms with E-state index in [0.717, 1.165) is 6.42 Å². The predicted molar refractivity (Wildman–Crippen MR) is 130 cm³/mol. The molecule has 0 unspecified atom stereocenters. The van der Waals surface area contributed by atoms with Gasteiger partial charge >= 0.3 is 5.97 Å². The van der Waals surface area contributed by atoms with Crippen molar-refractivity contribution in [3.05, 3.63) is 94.0 Å². The van der Waals surface area contributed by atoms with Gasteiger partial charge in [0.2, 0.25) is 11.8 Å². The average molecular weight is 494 g/mol. The second-order valence-corrected chi connectivity index (χ2v) is 9.50.